The molecule has 13 heavy (non-hydrogen) atoms. The fraction of sp³-hybridized carbons (Fsp3) is 0.800. The Bertz CT molecular complexity index is 285. The first-order valence-corrected chi connectivity index (χ1v) is 4.64. The summed E-state index contributed by atoms with van der Waals surface area (Å²) in [6.07, 6.45) is 4.23. The largest absolute Gasteiger partial charge is 0.215 e. The van der Waals surface area contributed by atoms with Gasteiger partial charge in [-0.25, -0.2) is 0 Å². The third-order valence-corrected chi connectivity index (χ3v) is 2.43. The van der Waals surface area contributed by atoms with Crippen molar-refractivity contribution in [1.82, 2.24) is 4.91 Å². The van der Waals surface area contributed by atoms with Crippen LogP contribution in [0.4, 0.5) is 0 Å². The molecule has 1 aliphatic rings. The molecule has 0 aliphatic heterocycles. The average molecular weight is 180 g/mol. The molecular weight excluding hydrogens is 162 g/mol. The molecule has 0 aromatic carbocycles. The molecule has 1 N–H and O–H groups in total. The van der Waals surface area contributed by atoms with E-state index in [-0.39, 0.29) is 11.0 Å². The van der Waals surface area contributed by atoms with E-state index >= 15 is 0 Å². The summed E-state index contributed by atoms with van der Waals surface area (Å²) in [5, 5.41) is 3.98. The van der Waals surface area contributed by atoms with Crippen LogP contribution in [-0.4, -0.2) is 5.54 Å². The first-order valence-electron chi connectivity index (χ1n) is 4.64. The van der Waals surface area contributed by atoms with Crippen molar-refractivity contribution in [3.8, 4) is 0 Å². The fourth-order valence-corrected chi connectivity index (χ4v) is 2.60. The summed E-state index contributed by atoms with van der Waals surface area (Å²) >= 11 is 0. The Kier molecular flexibility index (Phi) is 2.40. The van der Waals surface area contributed by atoms with Crippen LogP contribution in [0.15, 0.2) is 16.8 Å². The summed E-state index contributed by atoms with van der Waals surface area (Å²) in [6, 6.07) is 0. The van der Waals surface area contributed by atoms with Gasteiger partial charge in [0.25, 0.3) is 0 Å². The molecule has 0 radical (unpaired) electrons. The van der Waals surface area contributed by atoms with E-state index < -0.39 is 0 Å². The molecule has 1 aliphatic carbocycles. The third kappa shape index (κ3) is 2.49. The molecule has 1 rings (SSSR count). The molecule has 0 saturated heterocycles. The number of hydrogen-bond donors (Lipinski definition) is 1. The van der Waals surface area contributed by atoms with Crippen LogP contribution in [0.2, 0.25) is 0 Å². The van der Waals surface area contributed by atoms with Crippen LogP contribution in [0, 0.1) is 10.9 Å². The smallest absolute Gasteiger partial charge is 0.0741 e. The molecule has 0 saturated carbocycles. The highest BCUT2D eigenvalue weighted by molar-refractivity contribution is 5.18. The van der Waals surface area contributed by atoms with Gasteiger partial charge in [-0.2, -0.15) is 0 Å². The molecule has 0 aromatic rings. The SMILES string of the molecule is CC1=CC(C)(N=[N+]=N)CC(C)(C)C1. The zero-order valence-electron chi connectivity index (χ0n) is 8.89. The third-order valence-electron chi connectivity index (χ3n) is 2.43. The highest BCUT2D eigenvalue weighted by Crippen LogP contribution is 2.41. The summed E-state index contributed by atoms with van der Waals surface area (Å²) in [7, 11) is 0. The first-order chi connectivity index (χ1) is 5.87. The van der Waals surface area contributed by atoms with E-state index in [1.807, 2.05) is 6.92 Å². The molecule has 1 atom stereocenters. The van der Waals surface area contributed by atoms with Crippen molar-refractivity contribution in [3.63, 3.8) is 0 Å². The molecule has 72 valence electrons. The van der Waals surface area contributed by atoms with Gasteiger partial charge in [0.1, 0.15) is 10.6 Å². The van der Waals surface area contributed by atoms with E-state index in [0.29, 0.717) is 0 Å². The van der Waals surface area contributed by atoms with E-state index in [1.165, 1.54) is 5.57 Å². The van der Waals surface area contributed by atoms with E-state index in [1.54, 1.807) is 0 Å². The minimum atomic E-state index is -0.256. The zero-order valence-corrected chi connectivity index (χ0v) is 8.89. The molecule has 3 nitrogen and oxygen atoms in total. The standard InChI is InChI=1S/C10H18N3/c1-8-5-9(2,3)7-10(4,6-8)12-13-11/h6,11H,5,7H2,1-4H3/q+1. The minimum absolute atomic E-state index is 0.256. The fourth-order valence-electron chi connectivity index (χ4n) is 2.60. The van der Waals surface area contributed by atoms with Gasteiger partial charge in [-0.1, -0.05) is 25.5 Å². The predicted molar refractivity (Wildman–Crippen MR) is 52.5 cm³/mol. The first kappa shape index (κ1) is 10.1. The average Bonchev–Trinajstić information content (AvgIpc) is 1.78. The summed E-state index contributed by atoms with van der Waals surface area (Å²) in [6.45, 7) is 8.64. The second-order valence-electron chi connectivity index (χ2n) is 5.07. The Morgan fingerprint density at radius 3 is 2.54 bits per heavy atom. The Hall–Kier alpha value is -0.950. The van der Waals surface area contributed by atoms with Gasteiger partial charge in [-0.15, -0.1) is 0 Å². The zero-order chi connectivity index (χ0) is 10.1. The molecule has 1 unspecified atom stereocenters. The summed E-state index contributed by atoms with van der Waals surface area (Å²) in [4.78, 5) is 3.16. The number of hydrogen-bond acceptors (Lipinski definition) is 2. The second kappa shape index (κ2) is 3.08. The van der Waals surface area contributed by atoms with E-state index in [9.17, 15) is 0 Å². The van der Waals surface area contributed by atoms with Crippen LogP contribution in [0.3, 0.4) is 0 Å². The summed E-state index contributed by atoms with van der Waals surface area (Å²) < 4.78 is 0. The van der Waals surface area contributed by atoms with Crippen molar-refractivity contribution >= 4 is 0 Å². The highest BCUT2D eigenvalue weighted by atomic mass is 15.2. The van der Waals surface area contributed by atoms with Crippen molar-refractivity contribution < 1.29 is 0 Å². The number of nitrogens with one attached hydrogen (secondary N) is 1. The predicted octanol–water partition coefficient (Wildman–Crippen LogP) is 3.06. The second-order valence-corrected chi connectivity index (χ2v) is 5.07. The minimum Gasteiger partial charge on any atom is -0.0741 e. The van der Waals surface area contributed by atoms with Crippen molar-refractivity contribution in [2.75, 3.05) is 0 Å². The molecule has 0 bridgehead atoms. The normalized spacial score (nSPS) is 31.8. The van der Waals surface area contributed by atoms with Crippen molar-refractivity contribution in [2.45, 2.75) is 46.1 Å². The molecule has 0 fully saturated rings. The Labute approximate surface area is 79.5 Å². The van der Waals surface area contributed by atoms with Gasteiger partial charge in [-0.3, -0.25) is 0 Å². The van der Waals surface area contributed by atoms with Crippen molar-refractivity contribution in [2.24, 2.45) is 10.5 Å². The topological polar surface area (TPSA) is 50.3 Å². The van der Waals surface area contributed by atoms with E-state index in [0.717, 1.165) is 12.8 Å². The highest BCUT2D eigenvalue weighted by Gasteiger charge is 2.38. The van der Waals surface area contributed by atoms with Crippen LogP contribution in [0.1, 0.15) is 40.5 Å². The van der Waals surface area contributed by atoms with Gasteiger partial charge < -0.3 is 0 Å². The van der Waals surface area contributed by atoms with Crippen LogP contribution in [0.25, 0.3) is 0 Å². The summed E-state index contributed by atoms with van der Waals surface area (Å²) in [5.74, 6) is 0. The Morgan fingerprint density at radius 2 is 2.08 bits per heavy atom. The maximum Gasteiger partial charge on any atom is 0.215 e. The Balaban J connectivity index is 3.02. The quantitative estimate of drug-likeness (QED) is 0.366. The van der Waals surface area contributed by atoms with Crippen LogP contribution in [-0.2, 0) is 0 Å². The number of rotatable bonds is 1. The Morgan fingerprint density at radius 1 is 1.46 bits per heavy atom. The van der Waals surface area contributed by atoms with Gasteiger partial charge >= 0.3 is 0 Å². The van der Waals surface area contributed by atoms with Crippen LogP contribution in [0.5, 0.6) is 0 Å². The number of nitrogens with zero attached hydrogens (tertiary/aromatic N) is 2. The van der Waals surface area contributed by atoms with E-state index in [4.69, 9.17) is 5.53 Å². The number of allylic oxidation sites excluding steroid dienone is 1. The van der Waals surface area contributed by atoms with Gasteiger partial charge in [0.05, 0.1) is 0 Å². The van der Waals surface area contributed by atoms with Crippen LogP contribution >= 0.6 is 0 Å². The van der Waals surface area contributed by atoms with Gasteiger partial charge in [0.2, 0.25) is 4.91 Å². The van der Waals surface area contributed by atoms with Gasteiger partial charge in [-0.05, 0) is 32.1 Å². The molecular formula is C10H18N3+. The molecule has 3 heteroatoms. The summed E-state index contributed by atoms with van der Waals surface area (Å²) in [5.41, 5.74) is 8.16. The van der Waals surface area contributed by atoms with Gasteiger partial charge in [0.15, 0.2) is 5.54 Å². The van der Waals surface area contributed by atoms with Crippen molar-refractivity contribution in [3.05, 3.63) is 11.6 Å². The molecule has 0 amide bonds. The lowest BCUT2D eigenvalue weighted by Crippen LogP contribution is -2.32. The van der Waals surface area contributed by atoms with E-state index in [2.05, 4.69) is 36.9 Å². The lowest BCUT2D eigenvalue weighted by molar-refractivity contribution is 0.249. The monoisotopic (exact) mass is 180 g/mol. The maximum absolute atomic E-state index is 6.79. The molecule has 0 aromatic heterocycles. The lowest BCUT2D eigenvalue weighted by Gasteiger charge is -2.34. The van der Waals surface area contributed by atoms with Gasteiger partial charge in [0, 0.05) is 0 Å². The molecule has 0 spiro atoms. The van der Waals surface area contributed by atoms with Crippen LogP contribution < -0.4 is 4.91 Å². The molecule has 0 heterocycles. The lowest BCUT2D eigenvalue weighted by atomic mass is 9.70. The maximum atomic E-state index is 6.79. The van der Waals surface area contributed by atoms with Crippen molar-refractivity contribution in [1.29, 1.82) is 5.53 Å².